The fraction of sp³-hybridized carbons (Fsp3) is 0.409. The number of likely N-dealkylation sites (tertiary alicyclic amines) is 1. The molecule has 0 aromatic heterocycles. The summed E-state index contributed by atoms with van der Waals surface area (Å²) in [5, 5.41) is 7.48. The van der Waals surface area contributed by atoms with E-state index in [0.717, 1.165) is 18.8 Å². The topological polar surface area (TPSA) is 37.7 Å². The van der Waals surface area contributed by atoms with Crippen molar-refractivity contribution in [3.63, 3.8) is 0 Å². The Hall–Kier alpha value is -2.11. The molecule has 0 saturated carbocycles. The van der Waals surface area contributed by atoms with Gasteiger partial charge < -0.3 is 20.3 Å². The maximum atomic E-state index is 5.51. The van der Waals surface area contributed by atoms with E-state index in [2.05, 4.69) is 47.0 Å². The first kappa shape index (κ1) is 19.6. The Labute approximate surface area is 167 Å². The molecular formula is C22H30N3OS+. The summed E-state index contributed by atoms with van der Waals surface area (Å²) in [5.74, 6) is 0.902. The molecule has 1 atom stereocenters. The van der Waals surface area contributed by atoms with Gasteiger partial charge in [0, 0.05) is 12.1 Å². The van der Waals surface area contributed by atoms with Crippen LogP contribution >= 0.6 is 12.2 Å². The Balaban J connectivity index is 1.59. The largest absolute Gasteiger partial charge is 0.497 e. The van der Waals surface area contributed by atoms with Gasteiger partial charge in [-0.2, -0.15) is 0 Å². The fourth-order valence-corrected chi connectivity index (χ4v) is 3.88. The molecule has 1 fully saturated rings. The monoisotopic (exact) mass is 384 g/mol. The van der Waals surface area contributed by atoms with Crippen LogP contribution in [-0.4, -0.2) is 31.9 Å². The number of methoxy groups -OCH3 is 1. The first-order valence-corrected chi connectivity index (χ1v) is 10.2. The zero-order valence-electron chi connectivity index (χ0n) is 16.0. The molecule has 0 bridgehead atoms. The van der Waals surface area contributed by atoms with E-state index in [1.54, 1.807) is 12.0 Å². The van der Waals surface area contributed by atoms with E-state index in [0.29, 0.717) is 11.2 Å². The van der Waals surface area contributed by atoms with Gasteiger partial charge >= 0.3 is 0 Å². The highest BCUT2D eigenvalue weighted by Crippen LogP contribution is 2.16. The SMILES string of the molecule is COc1ccc([C@@H](CNC(=S)NCc2ccccc2)[NH+]2CCCCC2)cc1. The molecule has 1 aliphatic heterocycles. The highest BCUT2D eigenvalue weighted by Gasteiger charge is 2.26. The van der Waals surface area contributed by atoms with Crippen molar-refractivity contribution in [1.82, 2.24) is 10.6 Å². The lowest BCUT2D eigenvalue weighted by Gasteiger charge is -2.32. The quantitative estimate of drug-likeness (QED) is 0.641. The molecule has 1 heterocycles. The van der Waals surface area contributed by atoms with Gasteiger partial charge in [-0.15, -0.1) is 0 Å². The van der Waals surface area contributed by atoms with E-state index < -0.39 is 0 Å². The van der Waals surface area contributed by atoms with Gasteiger partial charge in [0.25, 0.3) is 0 Å². The Kier molecular flexibility index (Phi) is 7.48. The lowest BCUT2D eigenvalue weighted by Crippen LogP contribution is -3.13. The highest BCUT2D eigenvalue weighted by atomic mass is 32.1. The predicted octanol–water partition coefficient (Wildman–Crippen LogP) is 2.47. The number of hydrogen-bond acceptors (Lipinski definition) is 2. The van der Waals surface area contributed by atoms with Crippen molar-refractivity contribution in [1.29, 1.82) is 0 Å². The maximum Gasteiger partial charge on any atom is 0.166 e. The summed E-state index contributed by atoms with van der Waals surface area (Å²) in [4.78, 5) is 1.64. The van der Waals surface area contributed by atoms with Crippen LogP contribution in [0.4, 0.5) is 0 Å². The summed E-state index contributed by atoms with van der Waals surface area (Å²) in [5.41, 5.74) is 2.57. The van der Waals surface area contributed by atoms with Crippen LogP contribution in [0.3, 0.4) is 0 Å². The van der Waals surface area contributed by atoms with Gasteiger partial charge in [0.05, 0.1) is 26.7 Å². The number of nitrogens with one attached hydrogen (secondary N) is 3. The van der Waals surface area contributed by atoms with Crippen molar-refractivity contribution in [3.05, 3.63) is 65.7 Å². The number of ether oxygens (including phenoxy) is 1. The second-order valence-corrected chi connectivity index (χ2v) is 7.50. The van der Waals surface area contributed by atoms with E-state index in [1.165, 1.54) is 43.5 Å². The van der Waals surface area contributed by atoms with E-state index in [4.69, 9.17) is 17.0 Å². The molecule has 3 N–H and O–H groups in total. The Morgan fingerprint density at radius 3 is 2.37 bits per heavy atom. The minimum atomic E-state index is 0.396. The van der Waals surface area contributed by atoms with Gasteiger partial charge in [0.2, 0.25) is 0 Å². The third-order valence-corrected chi connectivity index (χ3v) is 5.56. The van der Waals surface area contributed by atoms with E-state index >= 15 is 0 Å². The zero-order valence-corrected chi connectivity index (χ0v) is 16.9. The lowest BCUT2D eigenvalue weighted by atomic mass is 10.0. The molecule has 0 aliphatic carbocycles. The third-order valence-electron chi connectivity index (χ3n) is 5.27. The third kappa shape index (κ3) is 5.94. The molecule has 5 heteroatoms. The number of hydrogen-bond donors (Lipinski definition) is 3. The molecular weight excluding hydrogens is 354 g/mol. The van der Waals surface area contributed by atoms with Crippen LogP contribution < -0.4 is 20.3 Å². The number of thiocarbonyl (C=S) groups is 1. The van der Waals surface area contributed by atoms with Gasteiger partial charge in [-0.25, -0.2) is 0 Å². The molecule has 2 aromatic rings. The van der Waals surface area contributed by atoms with E-state index in [-0.39, 0.29) is 0 Å². The standard InChI is InChI=1S/C22H29N3OS/c1-26-20-12-10-19(11-13-20)21(25-14-6-3-7-15-25)17-24-22(27)23-16-18-8-4-2-5-9-18/h2,4-5,8-13,21H,3,6-7,14-17H2,1H3,(H2,23,24,27)/p+1/t21-/m1/s1. The minimum Gasteiger partial charge on any atom is -0.497 e. The molecule has 1 aliphatic rings. The average molecular weight is 385 g/mol. The number of rotatable bonds is 7. The van der Waals surface area contributed by atoms with E-state index in [9.17, 15) is 0 Å². The highest BCUT2D eigenvalue weighted by molar-refractivity contribution is 7.80. The number of quaternary nitrogens is 1. The number of benzene rings is 2. The summed E-state index contributed by atoms with van der Waals surface area (Å²) >= 11 is 5.51. The summed E-state index contributed by atoms with van der Waals surface area (Å²) in [7, 11) is 1.71. The van der Waals surface area contributed by atoms with Gasteiger partial charge in [-0.1, -0.05) is 30.3 Å². The first-order valence-electron chi connectivity index (χ1n) is 9.80. The molecule has 4 nitrogen and oxygen atoms in total. The Bertz CT molecular complexity index is 699. The van der Waals surface area contributed by atoms with Crippen molar-refractivity contribution < 1.29 is 9.64 Å². The minimum absolute atomic E-state index is 0.396. The average Bonchev–Trinajstić information content (AvgIpc) is 2.74. The van der Waals surface area contributed by atoms with Crippen molar-refractivity contribution in [2.75, 3.05) is 26.7 Å². The van der Waals surface area contributed by atoms with Gasteiger partial charge in [-0.05, 0) is 61.3 Å². The molecule has 0 spiro atoms. The smallest absolute Gasteiger partial charge is 0.166 e. The van der Waals surface area contributed by atoms with Crippen molar-refractivity contribution in [3.8, 4) is 5.75 Å². The van der Waals surface area contributed by atoms with Crippen molar-refractivity contribution >= 4 is 17.3 Å². The molecule has 2 aromatic carbocycles. The number of piperidine rings is 1. The Morgan fingerprint density at radius 1 is 1.00 bits per heavy atom. The van der Waals surface area contributed by atoms with Crippen LogP contribution in [0.2, 0.25) is 0 Å². The maximum absolute atomic E-state index is 5.51. The molecule has 0 amide bonds. The summed E-state index contributed by atoms with van der Waals surface area (Å²) in [6, 6.07) is 19.2. The lowest BCUT2D eigenvalue weighted by molar-refractivity contribution is -0.934. The second kappa shape index (κ2) is 10.3. The summed E-state index contributed by atoms with van der Waals surface area (Å²) in [6.45, 7) is 4.03. The van der Waals surface area contributed by atoms with Crippen LogP contribution in [0.25, 0.3) is 0 Å². The molecule has 0 radical (unpaired) electrons. The molecule has 144 valence electrons. The normalized spacial score (nSPS) is 15.7. The van der Waals surface area contributed by atoms with Gasteiger partial charge in [0.1, 0.15) is 11.8 Å². The van der Waals surface area contributed by atoms with Crippen molar-refractivity contribution in [2.24, 2.45) is 0 Å². The molecule has 1 saturated heterocycles. The summed E-state index contributed by atoms with van der Waals surface area (Å²) < 4.78 is 5.31. The molecule has 27 heavy (non-hydrogen) atoms. The van der Waals surface area contributed by atoms with E-state index in [1.807, 2.05) is 18.2 Å². The van der Waals surface area contributed by atoms with Gasteiger partial charge in [-0.3, -0.25) is 0 Å². The molecule has 3 rings (SSSR count). The van der Waals surface area contributed by atoms with Crippen molar-refractivity contribution in [2.45, 2.75) is 31.8 Å². The predicted molar refractivity (Wildman–Crippen MR) is 114 cm³/mol. The van der Waals surface area contributed by atoms with Crippen LogP contribution in [0.15, 0.2) is 54.6 Å². The fourth-order valence-electron chi connectivity index (χ4n) is 3.72. The Morgan fingerprint density at radius 2 is 1.70 bits per heavy atom. The van der Waals surface area contributed by atoms with Crippen LogP contribution in [0.5, 0.6) is 5.75 Å². The zero-order chi connectivity index (χ0) is 18.9. The first-order chi connectivity index (χ1) is 13.3. The van der Waals surface area contributed by atoms with Crippen LogP contribution in [0, 0.1) is 0 Å². The summed E-state index contributed by atoms with van der Waals surface area (Å²) in [6.07, 6.45) is 3.96. The second-order valence-electron chi connectivity index (χ2n) is 7.09. The van der Waals surface area contributed by atoms with Gasteiger partial charge in [0.15, 0.2) is 5.11 Å². The van der Waals surface area contributed by atoms with Crippen LogP contribution in [-0.2, 0) is 6.54 Å². The van der Waals surface area contributed by atoms with Crippen LogP contribution in [0.1, 0.15) is 36.4 Å². The molecule has 0 unspecified atom stereocenters.